The summed E-state index contributed by atoms with van der Waals surface area (Å²) in [6.07, 6.45) is 2.75. The fourth-order valence-electron chi connectivity index (χ4n) is 5.26. The van der Waals surface area contributed by atoms with E-state index in [9.17, 15) is 9.90 Å². The SMILES string of the molecule is O=C(NC12CCC(CC1O)C2)OCC1c2ccccc2-c2ccccc21. The summed E-state index contributed by atoms with van der Waals surface area (Å²) in [4.78, 5) is 12.5. The lowest BCUT2D eigenvalue weighted by Crippen LogP contribution is -2.53. The number of hydrogen-bond donors (Lipinski definition) is 2. The van der Waals surface area contributed by atoms with Gasteiger partial charge in [0.2, 0.25) is 0 Å². The number of carbonyl (C=O) groups is 1. The second-order valence-corrected chi connectivity index (χ2v) is 7.97. The van der Waals surface area contributed by atoms with Crippen molar-refractivity contribution in [3.05, 3.63) is 59.7 Å². The third-order valence-corrected chi connectivity index (χ3v) is 6.54. The fourth-order valence-corrected chi connectivity index (χ4v) is 5.26. The van der Waals surface area contributed by atoms with Gasteiger partial charge in [-0.1, -0.05) is 48.5 Å². The fraction of sp³-hybridized carbons (Fsp3) is 0.409. The highest BCUT2D eigenvalue weighted by atomic mass is 16.5. The van der Waals surface area contributed by atoms with Gasteiger partial charge < -0.3 is 15.2 Å². The third kappa shape index (κ3) is 2.36. The predicted molar refractivity (Wildman–Crippen MR) is 98.9 cm³/mol. The third-order valence-electron chi connectivity index (χ3n) is 6.54. The minimum atomic E-state index is -0.465. The van der Waals surface area contributed by atoms with Crippen molar-refractivity contribution in [2.75, 3.05) is 6.61 Å². The quantitative estimate of drug-likeness (QED) is 0.885. The normalized spacial score (nSPS) is 28.7. The Kier molecular flexibility index (Phi) is 3.57. The molecule has 0 radical (unpaired) electrons. The maximum Gasteiger partial charge on any atom is 0.407 e. The molecule has 26 heavy (non-hydrogen) atoms. The summed E-state index contributed by atoms with van der Waals surface area (Å²) in [5.41, 5.74) is 4.40. The number of carbonyl (C=O) groups excluding carboxylic acids is 1. The number of amides is 1. The first-order valence-corrected chi connectivity index (χ1v) is 9.47. The Morgan fingerprint density at radius 1 is 1.12 bits per heavy atom. The summed E-state index contributed by atoms with van der Waals surface area (Å²) in [6.45, 7) is 0.315. The van der Waals surface area contributed by atoms with Gasteiger partial charge in [0.25, 0.3) is 0 Å². The van der Waals surface area contributed by atoms with Gasteiger partial charge in [0.05, 0.1) is 11.6 Å². The number of hydrogen-bond acceptors (Lipinski definition) is 3. The van der Waals surface area contributed by atoms with Crippen molar-refractivity contribution in [2.24, 2.45) is 5.92 Å². The van der Waals surface area contributed by atoms with Crippen LogP contribution >= 0.6 is 0 Å². The van der Waals surface area contributed by atoms with Crippen molar-refractivity contribution < 1.29 is 14.6 Å². The molecule has 2 N–H and O–H groups in total. The van der Waals surface area contributed by atoms with Gasteiger partial charge in [-0.25, -0.2) is 4.79 Å². The number of nitrogens with one attached hydrogen (secondary N) is 1. The number of ether oxygens (including phenoxy) is 1. The average Bonchev–Trinajstić information content (AvgIpc) is 3.29. The monoisotopic (exact) mass is 349 g/mol. The molecule has 2 fully saturated rings. The van der Waals surface area contributed by atoms with Crippen LogP contribution in [-0.4, -0.2) is 29.4 Å². The standard InChI is InChI=1S/C22H23NO3/c24-20-11-14-9-10-22(20,12-14)23-21(25)26-13-19-17-7-3-1-5-15(17)16-6-2-4-8-18(16)19/h1-8,14,19-20,24H,9-13H2,(H,23,25). The molecule has 3 unspecified atom stereocenters. The van der Waals surface area contributed by atoms with Gasteiger partial charge in [-0.2, -0.15) is 0 Å². The first-order chi connectivity index (χ1) is 12.7. The molecule has 134 valence electrons. The van der Waals surface area contributed by atoms with Crippen molar-refractivity contribution in [3.8, 4) is 11.1 Å². The molecule has 3 aliphatic rings. The maximum absolute atomic E-state index is 12.5. The summed E-state index contributed by atoms with van der Waals surface area (Å²) in [7, 11) is 0. The van der Waals surface area contributed by atoms with Gasteiger partial charge >= 0.3 is 6.09 Å². The van der Waals surface area contributed by atoms with Crippen LogP contribution in [0.1, 0.15) is 42.7 Å². The highest BCUT2D eigenvalue weighted by Crippen LogP contribution is 2.48. The number of alkyl carbamates (subject to hydrolysis) is 1. The van der Waals surface area contributed by atoms with Gasteiger partial charge in [-0.3, -0.25) is 0 Å². The van der Waals surface area contributed by atoms with Crippen LogP contribution in [0.4, 0.5) is 4.79 Å². The summed E-state index contributed by atoms with van der Waals surface area (Å²) in [5, 5.41) is 13.3. The van der Waals surface area contributed by atoms with Crippen molar-refractivity contribution in [2.45, 2.75) is 43.2 Å². The molecule has 1 amide bonds. The second-order valence-electron chi connectivity index (χ2n) is 7.97. The minimum Gasteiger partial charge on any atom is -0.449 e. The minimum absolute atomic E-state index is 0.0653. The first kappa shape index (κ1) is 15.9. The highest BCUT2D eigenvalue weighted by molar-refractivity contribution is 5.79. The van der Waals surface area contributed by atoms with E-state index in [1.165, 1.54) is 22.3 Å². The molecule has 0 spiro atoms. The molecular weight excluding hydrogens is 326 g/mol. The van der Waals surface area contributed by atoms with Crippen molar-refractivity contribution in [3.63, 3.8) is 0 Å². The van der Waals surface area contributed by atoms with Gasteiger partial charge in [-0.15, -0.1) is 0 Å². The van der Waals surface area contributed by atoms with E-state index in [2.05, 4.69) is 29.6 Å². The Morgan fingerprint density at radius 3 is 2.35 bits per heavy atom. The van der Waals surface area contributed by atoms with Crippen LogP contribution in [0.15, 0.2) is 48.5 Å². The molecule has 0 heterocycles. The summed E-state index contributed by atoms with van der Waals surface area (Å²) < 4.78 is 5.63. The largest absolute Gasteiger partial charge is 0.449 e. The van der Waals surface area contributed by atoms with Crippen LogP contribution in [0, 0.1) is 5.92 Å². The Morgan fingerprint density at radius 2 is 1.77 bits per heavy atom. The van der Waals surface area contributed by atoms with E-state index in [-0.39, 0.29) is 5.92 Å². The second kappa shape index (κ2) is 5.85. The Hall–Kier alpha value is -2.33. The van der Waals surface area contributed by atoms with Gasteiger partial charge in [0.1, 0.15) is 6.61 Å². The van der Waals surface area contributed by atoms with Crippen LogP contribution in [0.5, 0.6) is 0 Å². The molecule has 3 atom stereocenters. The lowest BCUT2D eigenvalue weighted by molar-refractivity contribution is 0.0609. The molecule has 2 aromatic rings. The summed E-state index contributed by atoms with van der Waals surface area (Å²) in [6, 6.07) is 16.6. The molecule has 0 saturated heterocycles. The molecule has 5 rings (SSSR count). The summed E-state index contributed by atoms with van der Waals surface area (Å²) in [5.74, 6) is 0.606. The number of benzene rings is 2. The van der Waals surface area contributed by atoms with E-state index in [4.69, 9.17) is 4.74 Å². The van der Waals surface area contributed by atoms with Crippen LogP contribution in [-0.2, 0) is 4.74 Å². The molecule has 4 nitrogen and oxygen atoms in total. The Bertz CT molecular complexity index is 818. The smallest absolute Gasteiger partial charge is 0.407 e. The summed E-state index contributed by atoms with van der Waals surface area (Å²) >= 11 is 0. The predicted octanol–water partition coefficient (Wildman–Crippen LogP) is 3.83. The van der Waals surface area contributed by atoms with Crippen LogP contribution in [0.3, 0.4) is 0 Å². The molecule has 2 saturated carbocycles. The van der Waals surface area contributed by atoms with Gasteiger partial charge in [0, 0.05) is 5.92 Å². The van der Waals surface area contributed by atoms with Gasteiger partial charge in [-0.05, 0) is 53.9 Å². The van der Waals surface area contributed by atoms with Crippen LogP contribution in [0.25, 0.3) is 11.1 Å². The topological polar surface area (TPSA) is 58.6 Å². The van der Waals surface area contributed by atoms with Gasteiger partial charge in [0.15, 0.2) is 0 Å². The Balaban J connectivity index is 1.32. The van der Waals surface area contributed by atoms with E-state index in [1.54, 1.807) is 0 Å². The average molecular weight is 349 g/mol. The molecule has 4 heteroatoms. The van der Waals surface area contributed by atoms with Crippen molar-refractivity contribution in [1.82, 2.24) is 5.32 Å². The molecular formula is C22H23NO3. The molecule has 0 aliphatic heterocycles. The first-order valence-electron chi connectivity index (χ1n) is 9.47. The number of rotatable bonds is 3. The zero-order chi connectivity index (χ0) is 17.7. The molecule has 3 aliphatic carbocycles. The van der Waals surface area contributed by atoms with Crippen molar-refractivity contribution >= 4 is 6.09 Å². The molecule has 2 aromatic carbocycles. The highest BCUT2D eigenvalue weighted by Gasteiger charge is 2.52. The van der Waals surface area contributed by atoms with Crippen LogP contribution < -0.4 is 5.32 Å². The lowest BCUT2D eigenvalue weighted by Gasteiger charge is -2.32. The maximum atomic E-state index is 12.5. The zero-order valence-corrected chi connectivity index (χ0v) is 14.7. The van der Waals surface area contributed by atoms with E-state index < -0.39 is 17.7 Å². The number of aliphatic hydroxyl groups excluding tert-OH is 1. The number of aliphatic hydroxyl groups is 1. The zero-order valence-electron chi connectivity index (χ0n) is 14.7. The van der Waals surface area contributed by atoms with Crippen molar-refractivity contribution in [1.29, 1.82) is 0 Å². The molecule has 0 aromatic heterocycles. The lowest BCUT2D eigenvalue weighted by atomic mass is 9.91. The van der Waals surface area contributed by atoms with E-state index in [0.717, 1.165) is 25.7 Å². The van der Waals surface area contributed by atoms with E-state index >= 15 is 0 Å². The van der Waals surface area contributed by atoms with E-state index in [0.29, 0.717) is 12.5 Å². The Labute approximate surface area is 153 Å². The molecule has 2 bridgehead atoms. The van der Waals surface area contributed by atoms with Crippen LogP contribution in [0.2, 0.25) is 0 Å². The van der Waals surface area contributed by atoms with E-state index in [1.807, 2.05) is 24.3 Å². The number of fused-ring (bicyclic) bond motifs is 5.